The van der Waals surface area contributed by atoms with Gasteiger partial charge >= 0.3 is 0 Å². The summed E-state index contributed by atoms with van der Waals surface area (Å²) in [4.78, 5) is 2.34. The average Bonchev–Trinajstić information content (AvgIpc) is 2.48. The van der Waals surface area contributed by atoms with Crippen LogP contribution in [0.3, 0.4) is 0 Å². The van der Waals surface area contributed by atoms with Crippen LogP contribution in [-0.4, -0.2) is 34.7 Å². The molecule has 1 unspecified atom stereocenters. The Kier molecular flexibility index (Phi) is 7.31. The first-order valence-electron chi connectivity index (χ1n) is 7.82. The molecule has 0 aliphatic carbocycles. The van der Waals surface area contributed by atoms with Crippen LogP contribution in [0.2, 0.25) is 0 Å². The van der Waals surface area contributed by atoms with E-state index in [1.807, 2.05) is 0 Å². The molecule has 1 aromatic rings. The summed E-state index contributed by atoms with van der Waals surface area (Å²) >= 11 is 3.21. The molecular weight excluding hydrogens is 333 g/mol. The van der Waals surface area contributed by atoms with Crippen molar-refractivity contribution in [2.75, 3.05) is 13.1 Å². The lowest BCUT2D eigenvalue weighted by Gasteiger charge is -2.46. The smallest absolute Gasteiger partial charge is 0.137 e. The summed E-state index contributed by atoms with van der Waals surface area (Å²) < 4.78 is 13.8. The fourth-order valence-corrected chi connectivity index (χ4v) is 3.74. The third kappa shape index (κ3) is 4.05. The minimum Gasteiger partial charge on any atom is -0.391 e. The minimum absolute atomic E-state index is 0.218. The van der Waals surface area contributed by atoms with E-state index in [0.717, 1.165) is 31.5 Å². The number of rotatable bonds is 8. The van der Waals surface area contributed by atoms with Crippen molar-refractivity contribution in [2.24, 2.45) is 0 Å². The monoisotopic (exact) mass is 359 g/mol. The summed E-state index contributed by atoms with van der Waals surface area (Å²) in [6.45, 7) is 10.4. The van der Waals surface area contributed by atoms with Crippen molar-refractivity contribution >= 4 is 15.9 Å². The van der Waals surface area contributed by atoms with Crippen molar-refractivity contribution in [1.29, 1.82) is 0 Å². The predicted molar refractivity (Wildman–Crippen MR) is 90.0 cm³/mol. The van der Waals surface area contributed by atoms with E-state index in [9.17, 15) is 9.50 Å². The zero-order valence-electron chi connectivity index (χ0n) is 13.5. The van der Waals surface area contributed by atoms with E-state index in [0.29, 0.717) is 10.9 Å². The van der Waals surface area contributed by atoms with Gasteiger partial charge in [-0.15, -0.1) is 0 Å². The van der Waals surface area contributed by atoms with Gasteiger partial charge in [0, 0.05) is 12.0 Å². The summed E-state index contributed by atoms with van der Waals surface area (Å²) in [6, 6.07) is 4.96. The summed E-state index contributed by atoms with van der Waals surface area (Å²) in [6.07, 6.45) is 1.87. The lowest BCUT2D eigenvalue weighted by Crippen LogP contribution is -2.56. The van der Waals surface area contributed by atoms with Crippen LogP contribution in [0.15, 0.2) is 22.7 Å². The highest BCUT2D eigenvalue weighted by molar-refractivity contribution is 9.10. The summed E-state index contributed by atoms with van der Waals surface area (Å²) in [5, 5.41) is 10.9. The van der Waals surface area contributed by atoms with E-state index >= 15 is 0 Å². The molecule has 0 spiro atoms. The van der Waals surface area contributed by atoms with E-state index in [-0.39, 0.29) is 11.4 Å². The first-order chi connectivity index (χ1) is 9.94. The number of benzene rings is 1. The Morgan fingerprint density at radius 1 is 1.19 bits per heavy atom. The number of nitrogens with zero attached hydrogens (tertiary/aromatic N) is 1. The van der Waals surface area contributed by atoms with Crippen LogP contribution in [0.1, 0.15) is 46.1 Å². The molecule has 0 heterocycles. The Balaban J connectivity index is 3.00. The maximum absolute atomic E-state index is 13.3. The second-order valence-corrected chi connectivity index (χ2v) is 6.31. The highest BCUT2D eigenvalue weighted by Crippen LogP contribution is 2.30. The third-order valence-electron chi connectivity index (χ3n) is 4.65. The SMILES string of the molecule is CCN(CC)C(CC)(CC)C(O)Cc1ccc(F)c(Br)c1. The van der Waals surface area contributed by atoms with Gasteiger partial charge in [-0.25, -0.2) is 4.39 Å². The van der Waals surface area contributed by atoms with Crippen molar-refractivity contribution in [2.45, 2.75) is 58.6 Å². The standard InChI is InChI=1S/C17H27BrFNO/c1-5-17(6-2,20(7-3)8-4)16(21)12-13-9-10-15(19)14(18)11-13/h9-11,16,21H,5-8,12H2,1-4H3. The van der Waals surface area contributed by atoms with Gasteiger partial charge in [-0.1, -0.05) is 33.8 Å². The van der Waals surface area contributed by atoms with Gasteiger partial charge in [-0.2, -0.15) is 0 Å². The van der Waals surface area contributed by atoms with Crippen LogP contribution in [0.4, 0.5) is 4.39 Å². The lowest BCUT2D eigenvalue weighted by molar-refractivity contribution is -0.0341. The van der Waals surface area contributed by atoms with Crippen LogP contribution in [0.25, 0.3) is 0 Å². The second kappa shape index (κ2) is 8.25. The molecular formula is C17H27BrFNO. The Hall–Kier alpha value is -0.450. The Labute approximate surface area is 136 Å². The van der Waals surface area contributed by atoms with E-state index in [1.54, 1.807) is 12.1 Å². The maximum Gasteiger partial charge on any atom is 0.137 e. The quantitative estimate of drug-likeness (QED) is 0.743. The van der Waals surface area contributed by atoms with Crippen molar-refractivity contribution < 1.29 is 9.50 Å². The van der Waals surface area contributed by atoms with Crippen LogP contribution < -0.4 is 0 Å². The van der Waals surface area contributed by atoms with Crippen LogP contribution in [0, 0.1) is 5.82 Å². The molecule has 0 aromatic heterocycles. The Bertz CT molecular complexity index is 444. The van der Waals surface area contributed by atoms with E-state index < -0.39 is 6.10 Å². The fourth-order valence-electron chi connectivity index (χ4n) is 3.31. The number of hydrogen-bond donors (Lipinski definition) is 1. The molecule has 0 saturated carbocycles. The predicted octanol–water partition coefficient (Wildman–Crippen LogP) is 4.39. The molecule has 1 atom stereocenters. The Morgan fingerprint density at radius 3 is 2.19 bits per heavy atom. The van der Waals surface area contributed by atoms with E-state index in [1.165, 1.54) is 6.07 Å². The summed E-state index contributed by atoms with van der Waals surface area (Å²) in [7, 11) is 0. The molecule has 0 fully saturated rings. The van der Waals surface area contributed by atoms with Crippen LogP contribution in [-0.2, 0) is 6.42 Å². The van der Waals surface area contributed by atoms with Gasteiger partial charge in [0.15, 0.2) is 0 Å². The number of halogens is 2. The van der Waals surface area contributed by atoms with E-state index in [2.05, 4.69) is 48.5 Å². The van der Waals surface area contributed by atoms with E-state index in [4.69, 9.17) is 0 Å². The Morgan fingerprint density at radius 2 is 1.76 bits per heavy atom. The molecule has 21 heavy (non-hydrogen) atoms. The minimum atomic E-state index is -0.468. The molecule has 0 aliphatic heterocycles. The van der Waals surface area contributed by atoms with Gasteiger partial charge in [0.2, 0.25) is 0 Å². The number of hydrogen-bond acceptors (Lipinski definition) is 2. The topological polar surface area (TPSA) is 23.5 Å². The molecule has 2 nitrogen and oxygen atoms in total. The van der Waals surface area contributed by atoms with Gasteiger partial charge in [0.1, 0.15) is 5.82 Å². The highest BCUT2D eigenvalue weighted by Gasteiger charge is 2.38. The molecule has 0 radical (unpaired) electrons. The molecule has 0 bridgehead atoms. The van der Waals surface area contributed by atoms with Crippen LogP contribution in [0.5, 0.6) is 0 Å². The molecule has 1 rings (SSSR count). The zero-order chi connectivity index (χ0) is 16.0. The zero-order valence-corrected chi connectivity index (χ0v) is 15.1. The summed E-state index contributed by atoms with van der Waals surface area (Å²) in [5.74, 6) is -0.269. The summed E-state index contributed by atoms with van der Waals surface area (Å²) in [5.41, 5.74) is 0.735. The molecule has 4 heteroatoms. The van der Waals surface area contributed by atoms with Gasteiger partial charge < -0.3 is 5.11 Å². The van der Waals surface area contributed by atoms with Crippen molar-refractivity contribution in [1.82, 2.24) is 4.90 Å². The number of aliphatic hydroxyl groups is 1. The lowest BCUT2D eigenvalue weighted by atomic mass is 9.81. The molecule has 0 saturated heterocycles. The van der Waals surface area contributed by atoms with Crippen molar-refractivity contribution in [3.05, 3.63) is 34.1 Å². The molecule has 0 amide bonds. The number of aliphatic hydroxyl groups excluding tert-OH is 1. The fraction of sp³-hybridized carbons (Fsp3) is 0.647. The van der Waals surface area contributed by atoms with Crippen LogP contribution >= 0.6 is 15.9 Å². The van der Waals surface area contributed by atoms with Crippen molar-refractivity contribution in [3.63, 3.8) is 0 Å². The highest BCUT2D eigenvalue weighted by atomic mass is 79.9. The van der Waals surface area contributed by atoms with Crippen molar-refractivity contribution in [3.8, 4) is 0 Å². The largest absolute Gasteiger partial charge is 0.391 e. The van der Waals surface area contributed by atoms with Gasteiger partial charge in [-0.3, -0.25) is 4.90 Å². The van der Waals surface area contributed by atoms with Gasteiger partial charge in [0.25, 0.3) is 0 Å². The first kappa shape index (κ1) is 18.6. The molecule has 0 aliphatic rings. The van der Waals surface area contributed by atoms with Gasteiger partial charge in [-0.05, 0) is 59.6 Å². The first-order valence-corrected chi connectivity index (χ1v) is 8.61. The third-order valence-corrected chi connectivity index (χ3v) is 5.26. The average molecular weight is 360 g/mol. The normalized spacial score (nSPS) is 13.7. The number of likely N-dealkylation sites (N-methyl/N-ethyl adjacent to an activating group) is 1. The molecule has 120 valence electrons. The van der Waals surface area contributed by atoms with Gasteiger partial charge in [0.05, 0.1) is 10.6 Å². The second-order valence-electron chi connectivity index (χ2n) is 5.45. The maximum atomic E-state index is 13.3. The molecule has 1 aromatic carbocycles. The molecule has 1 N–H and O–H groups in total.